The second kappa shape index (κ2) is 6.14. The minimum absolute atomic E-state index is 0.262. The zero-order valence-electron chi connectivity index (χ0n) is 13.1. The van der Waals surface area contributed by atoms with Crippen LogP contribution in [-0.4, -0.2) is 18.4 Å². The Kier molecular flexibility index (Phi) is 4.19. The largest absolute Gasteiger partial charge is 0.341 e. The molecule has 0 fully saturated rings. The summed E-state index contributed by atoms with van der Waals surface area (Å²) < 4.78 is 27.8. The number of H-pyrrole nitrogens is 1. The summed E-state index contributed by atoms with van der Waals surface area (Å²) in [6.07, 6.45) is 0.602. The van der Waals surface area contributed by atoms with Gasteiger partial charge in [0.2, 0.25) is 10.0 Å². The van der Waals surface area contributed by atoms with Gasteiger partial charge in [-0.3, -0.25) is 0 Å². The first-order valence-electron chi connectivity index (χ1n) is 7.53. The van der Waals surface area contributed by atoms with Crippen LogP contribution in [0, 0.1) is 6.92 Å². The molecule has 120 valence electrons. The first-order valence-corrected chi connectivity index (χ1v) is 9.01. The van der Waals surface area contributed by atoms with E-state index in [2.05, 4.69) is 14.7 Å². The first kappa shape index (κ1) is 15.7. The van der Waals surface area contributed by atoms with Gasteiger partial charge in [-0.25, -0.2) is 18.1 Å². The van der Waals surface area contributed by atoms with Crippen LogP contribution < -0.4 is 4.72 Å². The summed E-state index contributed by atoms with van der Waals surface area (Å²) in [5.41, 5.74) is 2.75. The molecule has 6 heteroatoms. The van der Waals surface area contributed by atoms with Gasteiger partial charge >= 0.3 is 0 Å². The number of benzene rings is 2. The Morgan fingerprint density at radius 3 is 2.48 bits per heavy atom. The van der Waals surface area contributed by atoms with E-state index >= 15 is 0 Å². The highest BCUT2D eigenvalue weighted by Gasteiger charge is 2.22. The number of aryl methyl sites for hydroxylation is 1. The van der Waals surface area contributed by atoms with E-state index in [4.69, 9.17) is 0 Å². The number of hydrogen-bond acceptors (Lipinski definition) is 3. The SMILES string of the molecule is CC[C@H](NS(=O)(=O)c1ccc(C)cc1)c1nc2ccccc2[nH]1. The minimum atomic E-state index is -3.58. The van der Waals surface area contributed by atoms with Gasteiger partial charge in [-0.1, -0.05) is 36.8 Å². The molecule has 0 saturated carbocycles. The fourth-order valence-electron chi connectivity index (χ4n) is 2.44. The molecule has 3 rings (SSSR count). The van der Waals surface area contributed by atoms with Crippen LogP contribution in [0.25, 0.3) is 11.0 Å². The quantitative estimate of drug-likeness (QED) is 0.754. The van der Waals surface area contributed by atoms with Crippen molar-refractivity contribution in [3.8, 4) is 0 Å². The van der Waals surface area contributed by atoms with Gasteiger partial charge in [-0.2, -0.15) is 0 Å². The standard InChI is InChI=1S/C17H19N3O2S/c1-3-14(17-18-15-6-4-5-7-16(15)19-17)20-23(21,22)13-10-8-12(2)9-11-13/h4-11,14,20H,3H2,1-2H3,(H,18,19)/t14-/m0/s1. The lowest BCUT2D eigenvalue weighted by Crippen LogP contribution is -2.29. The molecule has 0 aliphatic heterocycles. The maximum Gasteiger partial charge on any atom is 0.241 e. The molecule has 1 aromatic heterocycles. The number of imidazole rings is 1. The minimum Gasteiger partial charge on any atom is -0.341 e. The van der Waals surface area contributed by atoms with Gasteiger partial charge in [0.1, 0.15) is 5.82 Å². The highest BCUT2D eigenvalue weighted by Crippen LogP contribution is 2.21. The number of aromatic amines is 1. The van der Waals surface area contributed by atoms with Crippen molar-refractivity contribution in [2.75, 3.05) is 0 Å². The van der Waals surface area contributed by atoms with Crippen molar-refractivity contribution in [1.29, 1.82) is 0 Å². The van der Waals surface area contributed by atoms with Crippen molar-refractivity contribution in [3.05, 3.63) is 59.9 Å². The van der Waals surface area contributed by atoms with Gasteiger partial charge in [0.15, 0.2) is 0 Å². The predicted molar refractivity (Wildman–Crippen MR) is 90.6 cm³/mol. The fourth-order valence-corrected chi connectivity index (χ4v) is 3.73. The molecule has 23 heavy (non-hydrogen) atoms. The van der Waals surface area contributed by atoms with E-state index in [9.17, 15) is 8.42 Å². The van der Waals surface area contributed by atoms with Crippen LogP contribution >= 0.6 is 0 Å². The monoisotopic (exact) mass is 329 g/mol. The summed E-state index contributed by atoms with van der Waals surface area (Å²) in [5, 5.41) is 0. The number of hydrogen-bond donors (Lipinski definition) is 2. The van der Waals surface area contributed by atoms with Crippen molar-refractivity contribution in [2.45, 2.75) is 31.2 Å². The Balaban J connectivity index is 1.90. The van der Waals surface area contributed by atoms with Gasteiger partial charge in [-0.15, -0.1) is 0 Å². The number of rotatable bonds is 5. The lowest BCUT2D eigenvalue weighted by molar-refractivity contribution is 0.540. The summed E-state index contributed by atoms with van der Waals surface area (Å²) in [6.45, 7) is 3.85. The van der Waals surface area contributed by atoms with E-state index in [0.717, 1.165) is 16.6 Å². The maximum absolute atomic E-state index is 12.5. The first-order chi connectivity index (χ1) is 11.0. The van der Waals surface area contributed by atoms with E-state index in [0.29, 0.717) is 12.2 Å². The van der Waals surface area contributed by atoms with Crippen molar-refractivity contribution in [3.63, 3.8) is 0 Å². The van der Waals surface area contributed by atoms with Gasteiger partial charge < -0.3 is 4.98 Å². The topological polar surface area (TPSA) is 74.8 Å². The van der Waals surface area contributed by atoms with Crippen LogP contribution in [0.3, 0.4) is 0 Å². The maximum atomic E-state index is 12.5. The molecule has 0 amide bonds. The van der Waals surface area contributed by atoms with E-state index < -0.39 is 16.1 Å². The van der Waals surface area contributed by atoms with Gasteiger partial charge in [0.05, 0.1) is 22.0 Å². The molecule has 0 spiro atoms. The van der Waals surface area contributed by atoms with E-state index in [-0.39, 0.29) is 4.90 Å². The zero-order valence-corrected chi connectivity index (χ0v) is 13.9. The van der Waals surface area contributed by atoms with Gasteiger partial charge in [-0.05, 0) is 37.6 Å². The summed E-state index contributed by atoms with van der Waals surface area (Å²) in [5.74, 6) is 0.629. The number of nitrogens with zero attached hydrogens (tertiary/aromatic N) is 1. The number of nitrogens with one attached hydrogen (secondary N) is 2. The van der Waals surface area contributed by atoms with Crippen molar-refractivity contribution in [1.82, 2.24) is 14.7 Å². The van der Waals surface area contributed by atoms with Gasteiger partial charge in [0.25, 0.3) is 0 Å². The van der Waals surface area contributed by atoms with E-state index in [1.165, 1.54) is 0 Å². The van der Waals surface area contributed by atoms with E-state index in [1.807, 2.05) is 38.1 Å². The van der Waals surface area contributed by atoms with Crippen molar-refractivity contribution in [2.24, 2.45) is 0 Å². The molecular weight excluding hydrogens is 310 g/mol. The Bertz CT molecular complexity index is 881. The molecule has 0 aliphatic carbocycles. The smallest absolute Gasteiger partial charge is 0.241 e. The third-order valence-electron chi connectivity index (χ3n) is 3.77. The molecule has 0 saturated heterocycles. The number of para-hydroxylation sites is 2. The summed E-state index contributed by atoms with van der Waals surface area (Å²) >= 11 is 0. The van der Waals surface area contributed by atoms with Crippen LogP contribution in [0.15, 0.2) is 53.4 Å². The molecular formula is C17H19N3O2S. The average Bonchev–Trinajstić information content (AvgIpc) is 2.97. The van der Waals surface area contributed by atoms with Crippen LogP contribution in [0.1, 0.15) is 30.8 Å². The van der Waals surface area contributed by atoms with Crippen molar-refractivity contribution < 1.29 is 8.42 Å². The van der Waals surface area contributed by atoms with Gasteiger partial charge in [0, 0.05) is 0 Å². The average molecular weight is 329 g/mol. The highest BCUT2D eigenvalue weighted by atomic mass is 32.2. The summed E-state index contributed by atoms with van der Waals surface area (Å²) in [6, 6.07) is 14.1. The molecule has 2 aromatic carbocycles. The van der Waals surface area contributed by atoms with Crippen LogP contribution in [0.4, 0.5) is 0 Å². The lowest BCUT2D eigenvalue weighted by Gasteiger charge is -2.15. The van der Waals surface area contributed by atoms with E-state index in [1.54, 1.807) is 24.3 Å². The molecule has 3 aromatic rings. The summed E-state index contributed by atoms with van der Waals surface area (Å²) in [7, 11) is -3.58. The molecule has 2 N–H and O–H groups in total. The number of fused-ring (bicyclic) bond motifs is 1. The molecule has 0 unspecified atom stereocenters. The highest BCUT2D eigenvalue weighted by molar-refractivity contribution is 7.89. The summed E-state index contributed by atoms with van der Waals surface area (Å²) in [4.78, 5) is 7.95. The molecule has 5 nitrogen and oxygen atoms in total. The van der Waals surface area contributed by atoms with Crippen LogP contribution in [-0.2, 0) is 10.0 Å². The second-order valence-corrected chi connectivity index (χ2v) is 7.25. The molecule has 0 aliphatic rings. The van der Waals surface area contributed by atoms with Crippen molar-refractivity contribution >= 4 is 21.1 Å². The third kappa shape index (κ3) is 3.28. The lowest BCUT2D eigenvalue weighted by atomic mass is 10.2. The molecule has 0 radical (unpaired) electrons. The number of aromatic nitrogens is 2. The number of sulfonamides is 1. The Labute approximate surface area is 135 Å². The molecule has 0 bridgehead atoms. The normalized spacial score (nSPS) is 13.3. The molecule has 1 heterocycles. The Morgan fingerprint density at radius 1 is 1.13 bits per heavy atom. The van der Waals surface area contributed by atoms with Crippen LogP contribution in [0.2, 0.25) is 0 Å². The zero-order chi connectivity index (χ0) is 16.4. The fraction of sp³-hybridized carbons (Fsp3) is 0.235. The Hall–Kier alpha value is -2.18. The molecule has 1 atom stereocenters. The second-order valence-electron chi connectivity index (χ2n) is 5.53. The van der Waals surface area contributed by atoms with Crippen LogP contribution in [0.5, 0.6) is 0 Å². The third-order valence-corrected chi connectivity index (χ3v) is 5.26. The predicted octanol–water partition coefficient (Wildman–Crippen LogP) is 3.30. The Morgan fingerprint density at radius 2 is 1.83 bits per heavy atom.